The first-order valence-electron chi connectivity index (χ1n) is 8.37. The van der Waals surface area contributed by atoms with Crippen molar-refractivity contribution in [2.45, 2.75) is 12.8 Å². The highest BCUT2D eigenvalue weighted by Crippen LogP contribution is 2.33. The zero-order valence-electron chi connectivity index (χ0n) is 14.5. The van der Waals surface area contributed by atoms with Crippen molar-refractivity contribution in [2.75, 3.05) is 6.54 Å². The summed E-state index contributed by atoms with van der Waals surface area (Å²) < 4.78 is 0.451. The second kappa shape index (κ2) is 9.09. The number of amides is 1. The van der Waals surface area contributed by atoms with Crippen LogP contribution in [0.3, 0.4) is 0 Å². The Morgan fingerprint density at radius 2 is 1.75 bits per heavy atom. The van der Waals surface area contributed by atoms with Crippen molar-refractivity contribution < 1.29 is 14.7 Å². The van der Waals surface area contributed by atoms with Crippen molar-refractivity contribution in [3.8, 4) is 11.1 Å². The molecule has 8 heteroatoms. The van der Waals surface area contributed by atoms with Crippen LogP contribution in [0.15, 0.2) is 47.4 Å². The van der Waals surface area contributed by atoms with E-state index in [1.165, 1.54) is 16.7 Å². The molecule has 0 atom stereocenters. The number of benzene rings is 2. The van der Waals surface area contributed by atoms with Crippen molar-refractivity contribution in [2.24, 2.45) is 0 Å². The van der Waals surface area contributed by atoms with Gasteiger partial charge < -0.3 is 5.11 Å². The van der Waals surface area contributed by atoms with Gasteiger partial charge in [-0.15, -0.1) is 0 Å². The summed E-state index contributed by atoms with van der Waals surface area (Å²) in [5, 5.41) is 9.87. The van der Waals surface area contributed by atoms with Gasteiger partial charge in [-0.2, -0.15) is 0 Å². The molecule has 1 aliphatic rings. The smallest absolute Gasteiger partial charge is 0.303 e. The lowest BCUT2D eigenvalue weighted by Gasteiger charge is -2.13. The van der Waals surface area contributed by atoms with Crippen molar-refractivity contribution in [3.05, 3.63) is 63.0 Å². The fraction of sp³-hybridized carbons (Fsp3) is 0.150. The predicted octanol–water partition coefficient (Wildman–Crippen LogP) is 5.73. The SMILES string of the molecule is O=C(O)CCCN1C(=O)C(=Cc2ccc(-c3cc(Cl)cc(Cl)c3)cc2)SC1=S. The van der Waals surface area contributed by atoms with Gasteiger partial charge in [0.05, 0.1) is 4.91 Å². The minimum atomic E-state index is -0.887. The summed E-state index contributed by atoms with van der Waals surface area (Å²) in [4.78, 5) is 25.2. The van der Waals surface area contributed by atoms with Crippen molar-refractivity contribution >= 4 is 69.5 Å². The molecule has 2 aromatic carbocycles. The maximum atomic E-state index is 12.5. The van der Waals surface area contributed by atoms with Gasteiger partial charge in [0.2, 0.25) is 0 Å². The van der Waals surface area contributed by atoms with Gasteiger partial charge in [0, 0.05) is 23.0 Å². The third-order valence-corrected chi connectivity index (χ3v) is 5.86. The Labute approximate surface area is 182 Å². The fourth-order valence-corrected chi connectivity index (χ4v) is 4.56. The number of hydrogen-bond donors (Lipinski definition) is 1. The Morgan fingerprint density at radius 3 is 2.36 bits per heavy atom. The molecule has 0 aliphatic carbocycles. The lowest BCUT2D eigenvalue weighted by molar-refractivity contribution is -0.137. The Balaban J connectivity index is 1.74. The summed E-state index contributed by atoms with van der Waals surface area (Å²) in [5.74, 6) is -1.08. The number of rotatable bonds is 6. The number of hydrogen-bond acceptors (Lipinski definition) is 4. The molecular formula is C20H15Cl2NO3S2. The topological polar surface area (TPSA) is 57.6 Å². The highest BCUT2D eigenvalue weighted by molar-refractivity contribution is 8.26. The number of carboxylic acid groups (broad SMARTS) is 1. The molecule has 1 heterocycles. The van der Waals surface area contributed by atoms with E-state index in [1.54, 1.807) is 12.1 Å². The molecular weight excluding hydrogens is 437 g/mol. The summed E-state index contributed by atoms with van der Waals surface area (Å²) in [6.45, 7) is 0.308. The van der Waals surface area contributed by atoms with E-state index in [9.17, 15) is 9.59 Å². The lowest BCUT2D eigenvalue weighted by atomic mass is 10.0. The van der Waals surface area contributed by atoms with Crippen LogP contribution in [0.2, 0.25) is 10.0 Å². The van der Waals surface area contributed by atoms with E-state index in [1.807, 2.05) is 36.4 Å². The van der Waals surface area contributed by atoms with Gasteiger partial charge >= 0.3 is 5.97 Å². The largest absolute Gasteiger partial charge is 0.481 e. The lowest BCUT2D eigenvalue weighted by Crippen LogP contribution is -2.29. The van der Waals surface area contributed by atoms with E-state index < -0.39 is 5.97 Å². The average Bonchev–Trinajstić information content (AvgIpc) is 2.88. The number of carboxylic acids is 1. The van der Waals surface area contributed by atoms with Gasteiger partial charge in [0.1, 0.15) is 4.32 Å². The molecule has 1 aliphatic heterocycles. The van der Waals surface area contributed by atoms with Gasteiger partial charge in [-0.3, -0.25) is 14.5 Å². The molecule has 1 amide bonds. The van der Waals surface area contributed by atoms with Crippen molar-refractivity contribution in [3.63, 3.8) is 0 Å². The number of thiocarbonyl (C=S) groups is 1. The van der Waals surface area contributed by atoms with Crippen molar-refractivity contribution in [1.82, 2.24) is 4.90 Å². The molecule has 1 fully saturated rings. The average molecular weight is 452 g/mol. The minimum absolute atomic E-state index is 0.00505. The normalized spacial score (nSPS) is 15.5. The Hall–Kier alpha value is -1.86. The Kier molecular flexibility index (Phi) is 6.78. The van der Waals surface area contributed by atoms with E-state index in [0.29, 0.717) is 32.2 Å². The number of thioether (sulfide) groups is 1. The Bertz CT molecular complexity index is 954. The van der Waals surface area contributed by atoms with Crippen LogP contribution in [-0.4, -0.2) is 32.7 Å². The van der Waals surface area contributed by atoms with Crippen molar-refractivity contribution in [1.29, 1.82) is 0 Å². The summed E-state index contributed by atoms with van der Waals surface area (Å²) in [6.07, 6.45) is 2.16. The molecule has 2 aromatic rings. The molecule has 3 rings (SSSR count). The standard InChI is InChI=1S/C20H15Cl2NO3S2/c21-15-9-14(10-16(22)11-15)13-5-3-12(4-6-13)8-17-19(26)23(20(27)28-17)7-1-2-18(24)25/h3-6,8-11H,1-2,7H2,(H,24,25). The van der Waals surface area contributed by atoms with E-state index in [-0.39, 0.29) is 12.3 Å². The van der Waals surface area contributed by atoms with Gasteiger partial charge in [-0.05, 0) is 47.4 Å². The second-order valence-corrected chi connectivity index (χ2v) is 8.66. The molecule has 4 nitrogen and oxygen atoms in total. The monoisotopic (exact) mass is 451 g/mol. The molecule has 0 saturated carbocycles. The number of halogens is 2. The zero-order chi connectivity index (χ0) is 20.3. The van der Waals surface area contributed by atoms with Crippen LogP contribution in [0, 0.1) is 0 Å². The first kappa shape index (κ1) is 20.9. The first-order chi connectivity index (χ1) is 13.3. The number of carbonyl (C=O) groups excluding carboxylic acids is 1. The second-order valence-electron chi connectivity index (χ2n) is 6.11. The van der Waals surface area contributed by atoms with Gasteiger partial charge in [0.15, 0.2) is 0 Å². The van der Waals surface area contributed by atoms with Crippen LogP contribution >= 0.6 is 47.2 Å². The van der Waals surface area contributed by atoms with Crippen LogP contribution in [0.5, 0.6) is 0 Å². The number of nitrogens with zero attached hydrogens (tertiary/aromatic N) is 1. The van der Waals surface area contributed by atoms with E-state index in [4.69, 9.17) is 40.5 Å². The minimum Gasteiger partial charge on any atom is -0.481 e. The van der Waals surface area contributed by atoms with Gasteiger partial charge in [-0.1, -0.05) is 71.4 Å². The van der Waals surface area contributed by atoms with Crippen LogP contribution in [0.4, 0.5) is 0 Å². The van der Waals surface area contributed by atoms with Crippen LogP contribution in [0.1, 0.15) is 18.4 Å². The molecule has 1 saturated heterocycles. The summed E-state index contributed by atoms with van der Waals surface area (Å²) in [5.41, 5.74) is 2.74. The third-order valence-electron chi connectivity index (χ3n) is 4.05. The third kappa shape index (κ3) is 5.14. The molecule has 0 spiro atoms. The van der Waals surface area contributed by atoms with Crippen LogP contribution in [0.25, 0.3) is 17.2 Å². The molecule has 0 radical (unpaired) electrons. The Morgan fingerprint density at radius 1 is 1.11 bits per heavy atom. The van der Waals surface area contributed by atoms with Gasteiger partial charge in [0.25, 0.3) is 5.91 Å². The maximum absolute atomic E-state index is 12.5. The summed E-state index contributed by atoms with van der Waals surface area (Å²) >= 11 is 18.6. The zero-order valence-corrected chi connectivity index (χ0v) is 17.7. The summed E-state index contributed by atoms with van der Waals surface area (Å²) in [7, 11) is 0. The maximum Gasteiger partial charge on any atom is 0.303 e. The van der Waals surface area contributed by atoms with Gasteiger partial charge in [-0.25, -0.2) is 0 Å². The molecule has 0 aromatic heterocycles. The first-order valence-corrected chi connectivity index (χ1v) is 10.4. The summed E-state index contributed by atoms with van der Waals surface area (Å²) in [6, 6.07) is 13.0. The van der Waals surface area contributed by atoms with E-state index >= 15 is 0 Å². The molecule has 0 unspecified atom stereocenters. The quantitative estimate of drug-likeness (QED) is 0.448. The molecule has 1 N–H and O–H groups in total. The highest BCUT2D eigenvalue weighted by atomic mass is 35.5. The predicted molar refractivity (Wildman–Crippen MR) is 119 cm³/mol. The molecule has 144 valence electrons. The molecule has 28 heavy (non-hydrogen) atoms. The molecule has 0 bridgehead atoms. The van der Waals surface area contributed by atoms with E-state index in [0.717, 1.165) is 16.7 Å². The fourth-order valence-electron chi connectivity index (χ4n) is 2.72. The van der Waals surface area contributed by atoms with E-state index in [2.05, 4.69) is 0 Å². The number of aliphatic carboxylic acids is 1. The van der Waals surface area contributed by atoms with Crippen LogP contribution in [-0.2, 0) is 9.59 Å². The van der Waals surface area contributed by atoms with Crippen LogP contribution < -0.4 is 0 Å². The number of carbonyl (C=O) groups is 2. The highest BCUT2D eigenvalue weighted by Gasteiger charge is 2.31.